The van der Waals surface area contributed by atoms with E-state index in [1.54, 1.807) is 19.2 Å². The zero-order valence-electron chi connectivity index (χ0n) is 13.7. The summed E-state index contributed by atoms with van der Waals surface area (Å²) in [7, 11) is 1.72. The van der Waals surface area contributed by atoms with Crippen LogP contribution >= 0.6 is 0 Å². The zero-order chi connectivity index (χ0) is 17.0. The quantitative estimate of drug-likeness (QED) is 0.652. The molecule has 0 radical (unpaired) electrons. The zero-order valence-corrected chi connectivity index (χ0v) is 13.7. The minimum Gasteiger partial charge on any atom is -0.356 e. The van der Waals surface area contributed by atoms with Gasteiger partial charge in [0, 0.05) is 25.6 Å². The third-order valence-corrected chi connectivity index (χ3v) is 4.50. The number of hydrogen-bond acceptors (Lipinski definition) is 1. The lowest BCUT2D eigenvalue weighted by Crippen LogP contribution is -2.40. The first kappa shape index (κ1) is 16.4. The number of hydrogen-bond donors (Lipinski definition) is 2. The lowest BCUT2D eigenvalue weighted by atomic mass is 9.96. The molecule has 1 saturated carbocycles. The van der Waals surface area contributed by atoms with E-state index in [0.29, 0.717) is 12.5 Å². The Bertz CT molecular complexity index is 704. The van der Waals surface area contributed by atoms with Gasteiger partial charge in [0.25, 0.3) is 0 Å². The molecule has 0 aromatic heterocycles. The van der Waals surface area contributed by atoms with Crippen LogP contribution in [0.25, 0.3) is 0 Å². The number of aliphatic imine (C=N–C) groups is 1. The lowest BCUT2D eigenvalue weighted by molar-refractivity contribution is 0.617. The summed E-state index contributed by atoms with van der Waals surface area (Å²) in [5.41, 5.74) is 2.21. The van der Waals surface area contributed by atoms with Crippen molar-refractivity contribution in [2.75, 3.05) is 13.6 Å². The van der Waals surface area contributed by atoms with Gasteiger partial charge in [-0.1, -0.05) is 24.3 Å². The van der Waals surface area contributed by atoms with E-state index in [9.17, 15) is 8.78 Å². The summed E-state index contributed by atoms with van der Waals surface area (Å²) in [5.74, 6) is 0.253. The Morgan fingerprint density at radius 2 is 1.54 bits per heavy atom. The highest BCUT2D eigenvalue weighted by Crippen LogP contribution is 2.47. The second kappa shape index (κ2) is 6.99. The fourth-order valence-electron chi connectivity index (χ4n) is 2.78. The van der Waals surface area contributed by atoms with Gasteiger partial charge in [-0.2, -0.15) is 0 Å². The maximum absolute atomic E-state index is 13.1. The van der Waals surface area contributed by atoms with Crippen molar-refractivity contribution in [3.63, 3.8) is 0 Å². The Morgan fingerprint density at radius 1 is 0.958 bits per heavy atom. The Labute approximate surface area is 140 Å². The molecule has 1 fully saturated rings. The summed E-state index contributed by atoms with van der Waals surface area (Å²) >= 11 is 0. The van der Waals surface area contributed by atoms with E-state index in [1.807, 2.05) is 12.1 Å². The van der Waals surface area contributed by atoms with E-state index >= 15 is 0 Å². The maximum atomic E-state index is 13.1. The summed E-state index contributed by atoms with van der Waals surface area (Å²) < 4.78 is 26.0. The molecular formula is C19H21F2N3. The van der Waals surface area contributed by atoms with E-state index in [4.69, 9.17) is 0 Å². The molecule has 0 atom stereocenters. The van der Waals surface area contributed by atoms with Crippen LogP contribution in [0.4, 0.5) is 8.78 Å². The fourth-order valence-corrected chi connectivity index (χ4v) is 2.78. The van der Waals surface area contributed by atoms with Crippen molar-refractivity contribution >= 4 is 5.96 Å². The monoisotopic (exact) mass is 329 g/mol. The van der Waals surface area contributed by atoms with E-state index in [1.165, 1.54) is 24.3 Å². The maximum Gasteiger partial charge on any atom is 0.191 e. The summed E-state index contributed by atoms with van der Waals surface area (Å²) in [6.07, 6.45) is 2.17. The predicted molar refractivity (Wildman–Crippen MR) is 91.9 cm³/mol. The normalized spacial score (nSPS) is 15.9. The van der Waals surface area contributed by atoms with Crippen LogP contribution in [-0.4, -0.2) is 19.6 Å². The van der Waals surface area contributed by atoms with Gasteiger partial charge in [0.15, 0.2) is 5.96 Å². The van der Waals surface area contributed by atoms with Crippen molar-refractivity contribution < 1.29 is 8.78 Å². The van der Waals surface area contributed by atoms with Gasteiger partial charge in [-0.25, -0.2) is 8.78 Å². The molecule has 3 nitrogen and oxygen atoms in total. The molecular weight excluding hydrogens is 308 g/mol. The third kappa shape index (κ3) is 3.91. The molecule has 24 heavy (non-hydrogen) atoms. The summed E-state index contributed by atoms with van der Waals surface area (Å²) in [5, 5.41) is 6.56. The molecule has 2 aromatic carbocycles. The Kier molecular flexibility index (Phi) is 4.79. The summed E-state index contributed by atoms with van der Waals surface area (Å²) in [6, 6.07) is 13.1. The Morgan fingerprint density at radius 3 is 2.08 bits per heavy atom. The first-order chi connectivity index (χ1) is 11.6. The largest absolute Gasteiger partial charge is 0.356 e. The van der Waals surface area contributed by atoms with Crippen LogP contribution in [0, 0.1) is 11.6 Å². The highest BCUT2D eigenvalue weighted by atomic mass is 19.1. The molecule has 0 heterocycles. The Balaban J connectivity index is 1.54. The van der Waals surface area contributed by atoms with Crippen LogP contribution < -0.4 is 10.6 Å². The first-order valence-electron chi connectivity index (χ1n) is 8.06. The molecule has 0 unspecified atom stereocenters. The highest BCUT2D eigenvalue weighted by molar-refractivity contribution is 5.79. The van der Waals surface area contributed by atoms with Crippen LogP contribution in [0.5, 0.6) is 0 Å². The van der Waals surface area contributed by atoms with Crippen LogP contribution in [0.2, 0.25) is 0 Å². The van der Waals surface area contributed by atoms with Crippen molar-refractivity contribution in [2.24, 2.45) is 4.99 Å². The first-order valence-corrected chi connectivity index (χ1v) is 8.06. The van der Waals surface area contributed by atoms with Crippen LogP contribution in [0.1, 0.15) is 24.0 Å². The molecule has 3 rings (SSSR count). The molecule has 0 bridgehead atoms. The molecule has 2 N–H and O–H groups in total. The van der Waals surface area contributed by atoms with Gasteiger partial charge in [0.2, 0.25) is 0 Å². The molecule has 0 amide bonds. The third-order valence-electron chi connectivity index (χ3n) is 4.50. The number of halogens is 2. The van der Waals surface area contributed by atoms with Gasteiger partial charge in [0.05, 0.1) is 0 Å². The predicted octanol–water partition coefficient (Wildman–Crippen LogP) is 3.36. The fraction of sp³-hybridized carbons (Fsp3) is 0.316. The van der Waals surface area contributed by atoms with Crippen LogP contribution in [-0.2, 0) is 12.0 Å². The van der Waals surface area contributed by atoms with E-state index in [2.05, 4.69) is 15.6 Å². The molecule has 1 aliphatic carbocycles. The number of guanidine groups is 1. The standard InChI is InChI=1S/C19H21F2N3/c1-22-18(23-12-14-2-6-16(20)7-3-14)24-13-19(10-11-19)15-4-8-17(21)9-5-15/h2-9H,10-13H2,1H3,(H2,22,23,24). The van der Waals surface area contributed by atoms with Gasteiger partial charge < -0.3 is 10.6 Å². The topological polar surface area (TPSA) is 36.4 Å². The van der Waals surface area contributed by atoms with E-state index in [-0.39, 0.29) is 17.0 Å². The molecule has 126 valence electrons. The van der Waals surface area contributed by atoms with Crippen molar-refractivity contribution in [2.45, 2.75) is 24.8 Å². The van der Waals surface area contributed by atoms with Gasteiger partial charge >= 0.3 is 0 Å². The number of nitrogens with one attached hydrogen (secondary N) is 2. The molecule has 1 aliphatic rings. The van der Waals surface area contributed by atoms with Gasteiger partial charge in [-0.3, -0.25) is 4.99 Å². The number of benzene rings is 2. The van der Waals surface area contributed by atoms with Crippen molar-refractivity contribution in [3.8, 4) is 0 Å². The van der Waals surface area contributed by atoms with E-state index in [0.717, 1.165) is 30.5 Å². The van der Waals surface area contributed by atoms with Crippen LogP contribution in [0.3, 0.4) is 0 Å². The minimum absolute atomic E-state index is 0.0706. The van der Waals surface area contributed by atoms with E-state index < -0.39 is 0 Å². The highest BCUT2D eigenvalue weighted by Gasteiger charge is 2.44. The average molecular weight is 329 g/mol. The molecule has 2 aromatic rings. The average Bonchev–Trinajstić information content (AvgIpc) is 3.38. The number of rotatable bonds is 5. The SMILES string of the molecule is CN=C(NCc1ccc(F)cc1)NCC1(c2ccc(F)cc2)CC1. The van der Waals surface area contributed by atoms with Crippen molar-refractivity contribution in [1.29, 1.82) is 0 Å². The summed E-state index contributed by atoms with van der Waals surface area (Å²) in [6.45, 7) is 1.32. The molecule has 5 heteroatoms. The van der Waals surface area contributed by atoms with Gasteiger partial charge in [-0.15, -0.1) is 0 Å². The van der Waals surface area contributed by atoms with Crippen LogP contribution in [0.15, 0.2) is 53.5 Å². The van der Waals surface area contributed by atoms with Gasteiger partial charge in [0.1, 0.15) is 11.6 Å². The molecule has 0 saturated heterocycles. The van der Waals surface area contributed by atoms with Crippen molar-refractivity contribution in [1.82, 2.24) is 10.6 Å². The molecule has 0 spiro atoms. The van der Waals surface area contributed by atoms with Gasteiger partial charge in [-0.05, 0) is 48.2 Å². The summed E-state index contributed by atoms with van der Waals surface area (Å²) in [4.78, 5) is 4.22. The molecule has 0 aliphatic heterocycles. The number of nitrogens with zero attached hydrogens (tertiary/aromatic N) is 1. The minimum atomic E-state index is -0.240. The lowest BCUT2D eigenvalue weighted by Gasteiger charge is -2.19. The second-order valence-electron chi connectivity index (χ2n) is 6.19. The van der Waals surface area contributed by atoms with Crippen molar-refractivity contribution in [3.05, 3.63) is 71.3 Å². The smallest absolute Gasteiger partial charge is 0.191 e. The Hall–Kier alpha value is -2.43. The second-order valence-corrected chi connectivity index (χ2v) is 6.19.